The fraction of sp³-hybridized carbons (Fsp3) is 0.321. The van der Waals surface area contributed by atoms with Crippen molar-refractivity contribution in [3.05, 3.63) is 78.4 Å². The molecule has 0 bridgehead atoms. The second kappa shape index (κ2) is 10.4. The predicted molar refractivity (Wildman–Crippen MR) is 136 cm³/mol. The van der Waals surface area contributed by atoms with Gasteiger partial charge in [0.15, 0.2) is 5.96 Å². The molecule has 0 aliphatic carbocycles. The van der Waals surface area contributed by atoms with E-state index in [1.54, 1.807) is 13.2 Å². The zero-order chi connectivity index (χ0) is 23.2. The van der Waals surface area contributed by atoms with Gasteiger partial charge < -0.3 is 20.1 Å². The van der Waals surface area contributed by atoms with Crippen LogP contribution in [0.3, 0.4) is 0 Å². The number of aliphatic imine (C=N–C) groups is 1. The summed E-state index contributed by atoms with van der Waals surface area (Å²) < 4.78 is 5.52. The van der Waals surface area contributed by atoms with Gasteiger partial charge in [0.1, 0.15) is 11.5 Å². The van der Waals surface area contributed by atoms with E-state index in [4.69, 9.17) is 9.73 Å². The normalized spacial score (nSPS) is 18.8. The standard InChI is InChI=1S/C28H33N3O2/c1-20-15-21(2)19-31(18-20)28(29-17-24-11-7-8-12-27(24)33-3)30-25-16-23(13-14-26(25)32)22-9-5-4-6-10-22/h4-14,16,20-21,32H,15,17-19H2,1-3H3,(H,29,30). The fourth-order valence-electron chi connectivity index (χ4n) is 4.61. The van der Waals surface area contributed by atoms with Crippen molar-refractivity contribution in [2.75, 3.05) is 25.5 Å². The molecule has 3 aromatic carbocycles. The van der Waals surface area contributed by atoms with Crippen LogP contribution >= 0.6 is 0 Å². The predicted octanol–water partition coefficient (Wildman–Crippen LogP) is 6.01. The van der Waals surface area contributed by atoms with Crippen molar-refractivity contribution in [2.24, 2.45) is 16.8 Å². The van der Waals surface area contributed by atoms with Crippen LogP contribution in [0, 0.1) is 11.8 Å². The third-order valence-corrected chi connectivity index (χ3v) is 6.11. The maximum absolute atomic E-state index is 10.6. The van der Waals surface area contributed by atoms with E-state index in [0.29, 0.717) is 24.1 Å². The first-order chi connectivity index (χ1) is 16.0. The molecule has 2 unspecified atom stereocenters. The van der Waals surface area contributed by atoms with Crippen molar-refractivity contribution in [2.45, 2.75) is 26.8 Å². The molecule has 0 radical (unpaired) electrons. The summed E-state index contributed by atoms with van der Waals surface area (Å²) in [7, 11) is 1.68. The van der Waals surface area contributed by atoms with Gasteiger partial charge in [-0.05, 0) is 47.6 Å². The number of benzene rings is 3. The van der Waals surface area contributed by atoms with Gasteiger partial charge in [0.05, 0.1) is 19.3 Å². The van der Waals surface area contributed by atoms with Crippen LogP contribution in [-0.4, -0.2) is 36.2 Å². The molecule has 5 nitrogen and oxygen atoms in total. The van der Waals surface area contributed by atoms with Crippen LogP contribution < -0.4 is 10.1 Å². The van der Waals surface area contributed by atoms with E-state index in [1.165, 1.54) is 6.42 Å². The van der Waals surface area contributed by atoms with Crippen LogP contribution in [0.2, 0.25) is 0 Å². The summed E-state index contributed by atoms with van der Waals surface area (Å²) in [6.45, 7) is 6.93. The smallest absolute Gasteiger partial charge is 0.198 e. The number of likely N-dealkylation sites (tertiary alicyclic amines) is 1. The summed E-state index contributed by atoms with van der Waals surface area (Å²) >= 11 is 0. The van der Waals surface area contributed by atoms with Gasteiger partial charge in [-0.25, -0.2) is 4.99 Å². The minimum absolute atomic E-state index is 0.206. The number of phenols is 1. The Morgan fingerprint density at radius 2 is 1.67 bits per heavy atom. The Morgan fingerprint density at radius 3 is 2.39 bits per heavy atom. The lowest BCUT2D eigenvalue weighted by Crippen LogP contribution is -2.45. The Morgan fingerprint density at radius 1 is 0.970 bits per heavy atom. The highest BCUT2D eigenvalue weighted by Gasteiger charge is 2.25. The lowest BCUT2D eigenvalue weighted by Gasteiger charge is -2.37. The van der Waals surface area contributed by atoms with E-state index >= 15 is 0 Å². The second-order valence-corrected chi connectivity index (χ2v) is 9.03. The number of nitrogens with one attached hydrogen (secondary N) is 1. The number of guanidine groups is 1. The van der Waals surface area contributed by atoms with Gasteiger partial charge in [0, 0.05) is 18.7 Å². The molecule has 0 amide bonds. The van der Waals surface area contributed by atoms with Gasteiger partial charge in [-0.2, -0.15) is 0 Å². The number of rotatable bonds is 5. The minimum Gasteiger partial charge on any atom is -0.506 e. The third kappa shape index (κ3) is 5.67. The summed E-state index contributed by atoms with van der Waals surface area (Å²) in [6.07, 6.45) is 1.21. The van der Waals surface area contributed by atoms with Crippen LogP contribution in [0.25, 0.3) is 11.1 Å². The Labute approximate surface area is 196 Å². The number of para-hydroxylation sites is 1. The molecule has 5 heteroatoms. The molecule has 0 spiro atoms. The van der Waals surface area contributed by atoms with Crippen LogP contribution in [0.4, 0.5) is 5.69 Å². The molecule has 1 saturated heterocycles. The topological polar surface area (TPSA) is 57.1 Å². The van der Waals surface area contributed by atoms with E-state index in [1.807, 2.05) is 54.6 Å². The highest BCUT2D eigenvalue weighted by molar-refractivity contribution is 5.96. The summed E-state index contributed by atoms with van der Waals surface area (Å²) in [4.78, 5) is 7.28. The number of ether oxygens (including phenoxy) is 1. The molecule has 2 atom stereocenters. The van der Waals surface area contributed by atoms with Crippen LogP contribution in [0.15, 0.2) is 77.8 Å². The van der Waals surface area contributed by atoms with Crippen molar-refractivity contribution in [3.8, 4) is 22.6 Å². The van der Waals surface area contributed by atoms with E-state index in [2.05, 4.69) is 36.2 Å². The van der Waals surface area contributed by atoms with Gasteiger partial charge in [-0.15, -0.1) is 0 Å². The minimum atomic E-state index is 0.206. The van der Waals surface area contributed by atoms with E-state index in [9.17, 15) is 5.11 Å². The quantitative estimate of drug-likeness (QED) is 0.288. The van der Waals surface area contributed by atoms with E-state index in [-0.39, 0.29) is 5.75 Å². The second-order valence-electron chi connectivity index (χ2n) is 9.03. The highest BCUT2D eigenvalue weighted by Crippen LogP contribution is 2.31. The van der Waals surface area contributed by atoms with Crippen LogP contribution in [0.5, 0.6) is 11.5 Å². The Hall–Kier alpha value is -3.47. The molecule has 4 rings (SSSR count). The fourth-order valence-corrected chi connectivity index (χ4v) is 4.61. The number of piperidine rings is 1. The number of hydrogen-bond donors (Lipinski definition) is 2. The Bertz CT molecular complexity index is 1090. The molecule has 3 aromatic rings. The number of aromatic hydroxyl groups is 1. The Balaban J connectivity index is 1.66. The number of phenolic OH excluding ortho intramolecular Hbond substituents is 1. The van der Waals surface area contributed by atoms with Crippen LogP contribution in [-0.2, 0) is 6.54 Å². The average molecular weight is 444 g/mol. The highest BCUT2D eigenvalue weighted by atomic mass is 16.5. The first-order valence-corrected chi connectivity index (χ1v) is 11.6. The molecule has 2 N–H and O–H groups in total. The lowest BCUT2D eigenvalue weighted by molar-refractivity contribution is 0.213. The zero-order valence-corrected chi connectivity index (χ0v) is 19.7. The van der Waals surface area contributed by atoms with Gasteiger partial charge in [0.25, 0.3) is 0 Å². The van der Waals surface area contributed by atoms with E-state index < -0.39 is 0 Å². The van der Waals surface area contributed by atoms with Crippen LogP contribution in [0.1, 0.15) is 25.8 Å². The summed E-state index contributed by atoms with van der Waals surface area (Å²) in [6, 6.07) is 23.8. The molecule has 0 aromatic heterocycles. The van der Waals surface area contributed by atoms with Gasteiger partial charge in [0.2, 0.25) is 0 Å². The number of anilines is 1. The lowest BCUT2D eigenvalue weighted by atomic mass is 9.92. The molecule has 1 fully saturated rings. The third-order valence-electron chi connectivity index (χ3n) is 6.11. The monoisotopic (exact) mass is 443 g/mol. The molecule has 1 aliphatic heterocycles. The largest absolute Gasteiger partial charge is 0.506 e. The summed E-state index contributed by atoms with van der Waals surface area (Å²) in [5.74, 6) is 2.97. The molecular formula is C28H33N3O2. The van der Waals surface area contributed by atoms with E-state index in [0.717, 1.165) is 41.5 Å². The van der Waals surface area contributed by atoms with Crippen molar-refractivity contribution < 1.29 is 9.84 Å². The number of hydrogen-bond acceptors (Lipinski definition) is 3. The van der Waals surface area contributed by atoms with Gasteiger partial charge in [-0.1, -0.05) is 68.4 Å². The number of nitrogens with zero attached hydrogens (tertiary/aromatic N) is 2. The van der Waals surface area contributed by atoms with Crippen molar-refractivity contribution in [3.63, 3.8) is 0 Å². The van der Waals surface area contributed by atoms with Gasteiger partial charge in [-0.3, -0.25) is 0 Å². The summed E-state index contributed by atoms with van der Waals surface area (Å²) in [5.41, 5.74) is 3.83. The first-order valence-electron chi connectivity index (χ1n) is 11.6. The summed E-state index contributed by atoms with van der Waals surface area (Å²) in [5, 5.41) is 14.1. The van der Waals surface area contributed by atoms with Crippen molar-refractivity contribution in [1.82, 2.24) is 4.90 Å². The zero-order valence-electron chi connectivity index (χ0n) is 19.7. The van der Waals surface area contributed by atoms with Gasteiger partial charge >= 0.3 is 0 Å². The maximum atomic E-state index is 10.6. The first kappa shape index (κ1) is 22.7. The van der Waals surface area contributed by atoms with Crippen molar-refractivity contribution >= 4 is 11.6 Å². The molecule has 33 heavy (non-hydrogen) atoms. The molecule has 172 valence electrons. The molecule has 0 saturated carbocycles. The molecule has 1 aliphatic rings. The maximum Gasteiger partial charge on any atom is 0.198 e. The molecular weight excluding hydrogens is 410 g/mol. The SMILES string of the molecule is COc1ccccc1CN=C(Nc1cc(-c2ccccc2)ccc1O)N1CC(C)CC(C)C1. The Kier molecular flexibility index (Phi) is 7.18. The average Bonchev–Trinajstić information content (AvgIpc) is 2.83. The van der Waals surface area contributed by atoms with Crippen molar-refractivity contribution in [1.29, 1.82) is 0 Å². The number of methoxy groups -OCH3 is 1. The molecule has 1 heterocycles.